The molecule has 0 bridgehead atoms. The molecule has 0 unspecified atom stereocenters. The Morgan fingerprint density at radius 2 is 1.79 bits per heavy atom. The third-order valence-electron chi connectivity index (χ3n) is 2.38. The summed E-state index contributed by atoms with van der Waals surface area (Å²) < 4.78 is 0. The zero-order chi connectivity index (χ0) is 13.5. The van der Waals surface area contributed by atoms with Gasteiger partial charge >= 0.3 is 28.2 Å². The second kappa shape index (κ2) is 7.54. The van der Waals surface area contributed by atoms with Gasteiger partial charge in [-0.3, -0.25) is 4.98 Å². The van der Waals surface area contributed by atoms with Crippen molar-refractivity contribution in [3.05, 3.63) is 60.1 Å². The van der Waals surface area contributed by atoms with Gasteiger partial charge in [-0.15, -0.1) is 5.38 Å². The van der Waals surface area contributed by atoms with E-state index in [2.05, 4.69) is 25.5 Å². The molecule has 0 aliphatic heterocycles. The summed E-state index contributed by atoms with van der Waals surface area (Å²) in [6.45, 7) is 0. The molecule has 3 rings (SSSR count). The SMILES string of the molecule is [Cl][Pt+].[c-]1ccsc1-c1cccc(-c2ccccn2)n1. The Morgan fingerprint density at radius 3 is 2.47 bits per heavy atom. The quantitative estimate of drug-likeness (QED) is 0.523. The summed E-state index contributed by atoms with van der Waals surface area (Å²) >= 11 is 3.25. The van der Waals surface area contributed by atoms with Crippen LogP contribution in [0.5, 0.6) is 0 Å². The van der Waals surface area contributed by atoms with Gasteiger partial charge in [-0.25, -0.2) is 11.3 Å². The van der Waals surface area contributed by atoms with Crippen LogP contribution in [0.4, 0.5) is 0 Å². The number of thiophene rings is 1. The maximum atomic E-state index is 4.61. The molecule has 5 heteroatoms. The molecule has 2 nitrogen and oxygen atoms in total. The molecule has 19 heavy (non-hydrogen) atoms. The molecule has 0 fully saturated rings. The molecular formula is C14H9ClN2PtS. The maximum Gasteiger partial charge on any atom is 0.0873 e. The average molecular weight is 468 g/mol. The third kappa shape index (κ3) is 3.72. The Bertz CT molecular complexity index is 614. The van der Waals surface area contributed by atoms with E-state index in [-0.39, 0.29) is 0 Å². The minimum atomic E-state index is 0.893. The van der Waals surface area contributed by atoms with Crippen LogP contribution in [0.1, 0.15) is 0 Å². The molecule has 0 amide bonds. The van der Waals surface area contributed by atoms with E-state index in [4.69, 9.17) is 0 Å². The second-order valence-electron chi connectivity index (χ2n) is 3.52. The third-order valence-corrected chi connectivity index (χ3v) is 3.21. The van der Waals surface area contributed by atoms with Gasteiger partial charge in [-0.2, -0.15) is 12.1 Å². The van der Waals surface area contributed by atoms with E-state index in [0.717, 1.165) is 22.0 Å². The van der Waals surface area contributed by atoms with Crippen molar-refractivity contribution in [2.45, 2.75) is 0 Å². The zero-order valence-corrected chi connectivity index (χ0v) is 13.5. The van der Waals surface area contributed by atoms with Crippen molar-refractivity contribution in [3.8, 4) is 22.0 Å². The van der Waals surface area contributed by atoms with E-state index < -0.39 is 0 Å². The largest absolute Gasteiger partial charge is 0.309 e. The van der Waals surface area contributed by atoms with Crippen LogP contribution in [0.25, 0.3) is 22.0 Å². The summed E-state index contributed by atoms with van der Waals surface area (Å²) in [5, 5.41) is 2.00. The van der Waals surface area contributed by atoms with Crippen molar-refractivity contribution in [1.29, 1.82) is 0 Å². The first-order valence-corrected chi connectivity index (χ1v) is 9.09. The molecular weight excluding hydrogens is 459 g/mol. The van der Waals surface area contributed by atoms with E-state index in [0.29, 0.717) is 0 Å². The van der Waals surface area contributed by atoms with Crippen molar-refractivity contribution in [2.24, 2.45) is 0 Å². The summed E-state index contributed by atoms with van der Waals surface area (Å²) in [7, 11) is 4.61. The Morgan fingerprint density at radius 1 is 1.00 bits per heavy atom. The van der Waals surface area contributed by atoms with E-state index in [9.17, 15) is 0 Å². The molecule has 3 aromatic heterocycles. The van der Waals surface area contributed by atoms with Crippen LogP contribution in [0.15, 0.2) is 54.0 Å². The fourth-order valence-corrected chi connectivity index (χ4v) is 2.24. The monoisotopic (exact) mass is 467 g/mol. The molecule has 0 aliphatic carbocycles. The molecule has 0 radical (unpaired) electrons. The zero-order valence-electron chi connectivity index (χ0n) is 9.69. The van der Waals surface area contributed by atoms with Crippen molar-refractivity contribution in [3.63, 3.8) is 0 Å². The van der Waals surface area contributed by atoms with Gasteiger partial charge in [0.05, 0.1) is 11.4 Å². The van der Waals surface area contributed by atoms with Gasteiger partial charge < -0.3 is 4.98 Å². The summed E-state index contributed by atoms with van der Waals surface area (Å²) in [5.41, 5.74) is 2.74. The van der Waals surface area contributed by atoms with Gasteiger partial charge in [0, 0.05) is 6.20 Å². The molecule has 3 aromatic rings. The van der Waals surface area contributed by atoms with Crippen LogP contribution in [0, 0.1) is 6.07 Å². The molecule has 0 aromatic carbocycles. The van der Waals surface area contributed by atoms with E-state index in [1.807, 2.05) is 47.8 Å². The Labute approximate surface area is 131 Å². The molecule has 0 spiro atoms. The van der Waals surface area contributed by atoms with Crippen LogP contribution in [0.2, 0.25) is 0 Å². The number of hydrogen-bond donors (Lipinski definition) is 0. The first kappa shape index (κ1) is 14.4. The Kier molecular flexibility index (Phi) is 5.71. The Hall–Kier alpha value is -1.02. The normalized spacial score (nSPS) is 9.63. The van der Waals surface area contributed by atoms with Crippen molar-refractivity contribution in [2.75, 3.05) is 0 Å². The van der Waals surface area contributed by atoms with Crippen LogP contribution in [-0.4, -0.2) is 9.97 Å². The maximum absolute atomic E-state index is 4.61. The van der Waals surface area contributed by atoms with Crippen LogP contribution in [0.3, 0.4) is 0 Å². The topological polar surface area (TPSA) is 25.8 Å². The molecule has 0 saturated carbocycles. The second-order valence-corrected chi connectivity index (χ2v) is 4.43. The predicted molar refractivity (Wildman–Crippen MR) is 75.5 cm³/mol. The molecule has 0 N–H and O–H groups in total. The smallest absolute Gasteiger partial charge is 0.0873 e. The summed E-state index contributed by atoms with van der Waals surface area (Å²) in [6, 6.07) is 16.9. The van der Waals surface area contributed by atoms with Gasteiger partial charge in [0.1, 0.15) is 0 Å². The first-order chi connectivity index (χ1) is 9.43. The first-order valence-electron chi connectivity index (χ1n) is 5.39. The summed E-state index contributed by atoms with van der Waals surface area (Å²) in [5.74, 6) is 0. The minimum absolute atomic E-state index is 0.893. The van der Waals surface area contributed by atoms with E-state index >= 15 is 0 Å². The van der Waals surface area contributed by atoms with Crippen LogP contribution in [-0.2, 0) is 18.8 Å². The number of hydrogen-bond acceptors (Lipinski definition) is 3. The van der Waals surface area contributed by atoms with Gasteiger partial charge in [0.15, 0.2) is 0 Å². The number of aromatic nitrogens is 2. The van der Waals surface area contributed by atoms with Gasteiger partial charge in [0.2, 0.25) is 0 Å². The minimum Gasteiger partial charge on any atom is -0.309 e. The molecule has 0 saturated heterocycles. The van der Waals surface area contributed by atoms with E-state index in [1.54, 1.807) is 36.3 Å². The fourth-order valence-electron chi connectivity index (χ4n) is 1.60. The number of nitrogens with zero attached hydrogens (tertiary/aromatic N) is 2. The molecule has 0 aliphatic rings. The van der Waals surface area contributed by atoms with Gasteiger partial charge in [-0.05, 0) is 23.9 Å². The molecule has 3 heterocycles. The number of rotatable bonds is 2. The summed E-state index contributed by atoms with van der Waals surface area (Å²) in [6.07, 6.45) is 1.78. The summed E-state index contributed by atoms with van der Waals surface area (Å²) in [4.78, 5) is 9.96. The predicted octanol–water partition coefficient (Wildman–Crippen LogP) is 4.36. The van der Waals surface area contributed by atoms with Gasteiger partial charge in [0.25, 0.3) is 0 Å². The molecule has 98 valence electrons. The number of halogens is 1. The average Bonchev–Trinajstić information content (AvgIpc) is 3.05. The van der Waals surface area contributed by atoms with Crippen molar-refractivity contribution >= 4 is 20.8 Å². The molecule has 0 atom stereocenters. The fraction of sp³-hybridized carbons (Fsp3) is 0. The van der Waals surface area contributed by atoms with Crippen LogP contribution >= 0.6 is 20.8 Å². The number of pyridine rings is 2. The van der Waals surface area contributed by atoms with Crippen molar-refractivity contribution < 1.29 is 18.8 Å². The Balaban J connectivity index is 0.000000637. The van der Waals surface area contributed by atoms with Gasteiger partial charge in [-0.1, -0.05) is 23.1 Å². The standard InChI is InChI=1S/C14H9N2S.ClH.Pt/c1-2-9-15-11(5-1)12-6-3-7-13(16-12)14-8-4-10-17-14;;/h1-7,9-10H;1H;/q-1;;+2/p-1. The van der Waals surface area contributed by atoms with Crippen molar-refractivity contribution in [1.82, 2.24) is 9.97 Å². The van der Waals surface area contributed by atoms with E-state index in [1.165, 1.54) is 0 Å². The van der Waals surface area contributed by atoms with Crippen LogP contribution < -0.4 is 0 Å².